The van der Waals surface area contributed by atoms with Crippen molar-refractivity contribution in [1.82, 2.24) is 24.4 Å². The van der Waals surface area contributed by atoms with E-state index in [1.165, 1.54) is 5.56 Å². The number of pyridine rings is 2. The van der Waals surface area contributed by atoms with Gasteiger partial charge >= 0.3 is 5.97 Å². The molecule has 4 heterocycles. The number of nitrogens with zero attached hydrogens (tertiary/aromatic N) is 5. The molecule has 8 nitrogen and oxygen atoms in total. The summed E-state index contributed by atoms with van der Waals surface area (Å²) in [7, 11) is 0. The Balaban J connectivity index is 1.17. The van der Waals surface area contributed by atoms with Gasteiger partial charge < -0.3 is 15.7 Å². The normalized spacial score (nSPS) is 19.4. The second kappa shape index (κ2) is 10.4. The van der Waals surface area contributed by atoms with Gasteiger partial charge in [0.05, 0.1) is 17.2 Å². The molecule has 1 aliphatic carbocycles. The maximum Gasteiger partial charge on any atom is 0.306 e. The topological polar surface area (TPSA) is 110 Å². The predicted molar refractivity (Wildman–Crippen MR) is 160 cm³/mol. The summed E-state index contributed by atoms with van der Waals surface area (Å²) in [4.78, 5) is 28.1. The molecule has 206 valence electrons. The van der Waals surface area contributed by atoms with Crippen molar-refractivity contribution >= 4 is 23.0 Å². The van der Waals surface area contributed by atoms with E-state index < -0.39 is 5.97 Å². The van der Waals surface area contributed by atoms with Crippen LogP contribution >= 0.6 is 0 Å². The van der Waals surface area contributed by atoms with E-state index in [1.807, 2.05) is 42.5 Å². The first-order chi connectivity index (χ1) is 20.0. The van der Waals surface area contributed by atoms with E-state index >= 15 is 0 Å². The van der Waals surface area contributed by atoms with Crippen LogP contribution in [-0.4, -0.2) is 55.1 Å². The number of aromatic nitrogens is 4. The molecule has 0 unspecified atom stereocenters. The zero-order chi connectivity index (χ0) is 27.9. The fourth-order valence-corrected chi connectivity index (χ4v) is 6.41. The first-order valence-corrected chi connectivity index (χ1v) is 14.2. The molecule has 2 atom stereocenters. The van der Waals surface area contributed by atoms with Crippen LogP contribution < -0.4 is 5.73 Å². The summed E-state index contributed by atoms with van der Waals surface area (Å²) in [5.74, 6) is 1.32. The second-order valence-corrected chi connectivity index (χ2v) is 11.3. The number of carboxylic acids is 1. The van der Waals surface area contributed by atoms with Crippen molar-refractivity contribution in [3.63, 3.8) is 0 Å². The highest BCUT2D eigenvalue weighted by atomic mass is 16.4. The number of nitrogen functional groups attached to an aromatic ring is 1. The van der Waals surface area contributed by atoms with Crippen LogP contribution in [0.5, 0.6) is 0 Å². The molecular formula is C33H32N6O2. The molecule has 5 aromatic rings. The number of imidazole rings is 1. The molecule has 0 spiro atoms. The summed E-state index contributed by atoms with van der Waals surface area (Å²) in [6, 6.07) is 26.7. The minimum Gasteiger partial charge on any atom is -0.481 e. The monoisotopic (exact) mass is 544 g/mol. The Labute approximate surface area is 238 Å². The van der Waals surface area contributed by atoms with Gasteiger partial charge in [0.25, 0.3) is 0 Å². The van der Waals surface area contributed by atoms with Gasteiger partial charge in [-0.05, 0) is 67.1 Å². The molecule has 3 N–H and O–H groups in total. The number of aliphatic carboxylic acids is 1. The summed E-state index contributed by atoms with van der Waals surface area (Å²) in [5.41, 5.74) is 12.8. The lowest BCUT2D eigenvalue weighted by molar-refractivity contribution is -0.141. The van der Waals surface area contributed by atoms with Crippen LogP contribution in [0.2, 0.25) is 0 Å². The molecular weight excluding hydrogens is 512 g/mol. The third-order valence-corrected chi connectivity index (χ3v) is 8.64. The van der Waals surface area contributed by atoms with Gasteiger partial charge in [0.1, 0.15) is 11.3 Å². The minimum atomic E-state index is -0.638. The van der Waals surface area contributed by atoms with Gasteiger partial charge in [-0.15, -0.1) is 0 Å². The summed E-state index contributed by atoms with van der Waals surface area (Å²) >= 11 is 0. The van der Waals surface area contributed by atoms with E-state index in [0.29, 0.717) is 23.5 Å². The fourth-order valence-electron chi connectivity index (χ4n) is 6.41. The van der Waals surface area contributed by atoms with E-state index in [1.54, 1.807) is 6.20 Å². The third kappa shape index (κ3) is 4.85. The average Bonchev–Trinajstić information content (AvgIpc) is 3.60. The predicted octanol–water partition coefficient (Wildman–Crippen LogP) is 5.63. The van der Waals surface area contributed by atoms with Crippen molar-refractivity contribution in [3.05, 3.63) is 90.6 Å². The zero-order valence-electron chi connectivity index (χ0n) is 22.7. The molecule has 2 aromatic carbocycles. The number of fused-ring (bicyclic) bond motifs is 1. The maximum absolute atomic E-state index is 11.3. The highest BCUT2D eigenvalue weighted by Crippen LogP contribution is 2.36. The number of carboxylic acid groups (broad SMARTS) is 1. The maximum atomic E-state index is 11.3. The summed E-state index contributed by atoms with van der Waals surface area (Å²) in [6.07, 6.45) is 4.34. The summed E-state index contributed by atoms with van der Waals surface area (Å²) in [6.45, 7) is 3.03. The van der Waals surface area contributed by atoms with Gasteiger partial charge in [0.15, 0.2) is 11.5 Å². The fraction of sp³-hybridized carbons (Fsp3) is 0.273. The van der Waals surface area contributed by atoms with Crippen molar-refractivity contribution in [2.75, 3.05) is 25.4 Å². The van der Waals surface area contributed by atoms with Crippen molar-refractivity contribution < 1.29 is 9.90 Å². The Morgan fingerprint density at radius 1 is 0.927 bits per heavy atom. The van der Waals surface area contributed by atoms with Gasteiger partial charge in [-0.3, -0.25) is 9.36 Å². The van der Waals surface area contributed by atoms with Crippen LogP contribution in [0.3, 0.4) is 0 Å². The lowest BCUT2D eigenvalue weighted by Crippen LogP contribution is -2.46. The highest BCUT2D eigenvalue weighted by Gasteiger charge is 2.34. The largest absolute Gasteiger partial charge is 0.481 e. The quantitative estimate of drug-likeness (QED) is 0.273. The Bertz CT molecular complexity index is 1710. The molecule has 8 heteroatoms. The zero-order valence-corrected chi connectivity index (χ0v) is 22.7. The van der Waals surface area contributed by atoms with Gasteiger partial charge in [-0.1, -0.05) is 42.5 Å². The number of nitrogens with two attached hydrogens (primary N) is 1. The molecule has 3 aromatic heterocycles. The highest BCUT2D eigenvalue weighted by molar-refractivity contribution is 5.84. The Morgan fingerprint density at radius 2 is 1.73 bits per heavy atom. The second-order valence-electron chi connectivity index (χ2n) is 11.3. The van der Waals surface area contributed by atoms with Gasteiger partial charge in [-0.25, -0.2) is 15.0 Å². The van der Waals surface area contributed by atoms with E-state index in [9.17, 15) is 9.90 Å². The standard InChI is InChI=1S/C33H32N6O2/c34-30-27(7-4-16-35-30)31-37-29-15-14-28(23-5-2-1-3-6-23)36-32(29)39(31)26-12-10-22(11-13-26)25-19-38(20-25)18-21-8-9-24(17-21)33(40)41/h1-7,10-16,21,24-25H,8-9,17-20H2,(H2,34,35)(H,40,41)/t21-,24-/m1/s1. The van der Waals surface area contributed by atoms with Gasteiger partial charge in [-0.2, -0.15) is 0 Å². The average molecular weight is 545 g/mol. The molecule has 1 aliphatic heterocycles. The van der Waals surface area contributed by atoms with Crippen molar-refractivity contribution in [1.29, 1.82) is 0 Å². The van der Waals surface area contributed by atoms with E-state index in [2.05, 4.69) is 50.8 Å². The van der Waals surface area contributed by atoms with Crippen molar-refractivity contribution in [3.8, 4) is 28.3 Å². The molecule has 1 saturated heterocycles. The number of carbonyl (C=O) groups is 1. The third-order valence-electron chi connectivity index (χ3n) is 8.64. The molecule has 2 aliphatic rings. The van der Waals surface area contributed by atoms with E-state index in [4.69, 9.17) is 15.7 Å². The van der Waals surface area contributed by atoms with Crippen LogP contribution in [0, 0.1) is 11.8 Å². The van der Waals surface area contributed by atoms with Crippen LogP contribution in [-0.2, 0) is 4.79 Å². The van der Waals surface area contributed by atoms with Crippen LogP contribution in [0.15, 0.2) is 85.1 Å². The molecule has 0 bridgehead atoms. The summed E-state index contributed by atoms with van der Waals surface area (Å²) < 4.78 is 2.07. The van der Waals surface area contributed by atoms with Crippen LogP contribution in [0.1, 0.15) is 30.7 Å². The number of benzene rings is 2. The molecule has 7 rings (SSSR count). The van der Waals surface area contributed by atoms with Crippen molar-refractivity contribution in [2.45, 2.75) is 25.2 Å². The summed E-state index contributed by atoms with van der Waals surface area (Å²) in [5, 5.41) is 9.31. The SMILES string of the molecule is Nc1ncccc1-c1nc2ccc(-c3ccccc3)nc2n1-c1ccc(C2CN(C[C@@H]3CC[C@@H](C(=O)O)C3)C2)cc1. The molecule has 0 radical (unpaired) electrons. The lowest BCUT2D eigenvalue weighted by atomic mass is 9.90. The number of rotatable bonds is 7. The molecule has 41 heavy (non-hydrogen) atoms. The number of hydrogen-bond acceptors (Lipinski definition) is 6. The first-order valence-electron chi connectivity index (χ1n) is 14.2. The molecule has 2 fully saturated rings. The van der Waals surface area contributed by atoms with Crippen LogP contribution in [0.25, 0.3) is 39.5 Å². The number of hydrogen-bond donors (Lipinski definition) is 2. The van der Waals surface area contributed by atoms with E-state index in [-0.39, 0.29) is 5.92 Å². The smallest absolute Gasteiger partial charge is 0.306 e. The Kier molecular flexibility index (Phi) is 6.47. The van der Waals surface area contributed by atoms with E-state index in [0.717, 1.165) is 72.6 Å². The lowest BCUT2D eigenvalue weighted by Gasteiger charge is -2.41. The Hall–Kier alpha value is -4.56. The number of likely N-dealkylation sites (tertiary alicyclic amines) is 1. The van der Waals surface area contributed by atoms with Gasteiger partial charge in [0.2, 0.25) is 0 Å². The minimum absolute atomic E-state index is 0.158. The molecule has 0 amide bonds. The van der Waals surface area contributed by atoms with Gasteiger partial charge in [0, 0.05) is 43.0 Å². The van der Waals surface area contributed by atoms with Crippen LogP contribution in [0.4, 0.5) is 5.82 Å². The number of anilines is 1. The molecule has 1 saturated carbocycles. The Morgan fingerprint density at radius 3 is 2.46 bits per heavy atom. The van der Waals surface area contributed by atoms with Crippen molar-refractivity contribution in [2.24, 2.45) is 11.8 Å². The first kappa shape index (κ1) is 25.4.